The fourth-order valence-corrected chi connectivity index (χ4v) is 7.37. The molecule has 11 heteroatoms. The van der Waals surface area contributed by atoms with Gasteiger partial charge in [-0.15, -0.1) is 0 Å². The number of rotatable bonds is 6. The number of aromatic nitrogens is 2. The zero-order chi connectivity index (χ0) is 31.1. The van der Waals surface area contributed by atoms with Crippen molar-refractivity contribution in [2.75, 3.05) is 51.3 Å². The van der Waals surface area contributed by atoms with Gasteiger partial charge < -0.3 is 29.3 Å². The monoisotopic (exact) mass is 626 g/mol. The zero-order valence-corrected chi connectivity index (χ0v) is 26.0. The van der Waals surface area contributed by atoms with Crippen molar-refractivity contribution in [1.29, 1.82) is 5.26 Å². The number of carboxylic acid groups (broad SMARTS) is 1. The van der Waals surface area contributed by atoms with Crippen molar-refractivity contribution in [2.24, 2.45) is 0 Å². The van der Waals surface area contributed by atoms with E-state index < -0.39 is 12.1 Å². The molecule has 7 rings (SSSR count). The molecular weight excluding hydrogens is 592 g/mol. The van der Waals surface area contributed by atoms with Gasteiger partial charge in [0.25, 0.3) is 0 Å². The van der Waals surface area contributed by atoms with E-state index in [9.17, 15) is 15.2 Å². The Morgan fingerprint density at radius 2 is 1.96 bits per heavy atom. The van der Waals surface area contributed by atoms with Crippen LogP contribution in [0.1, 0.15) is 31.2 Å². The van der Waals surface area contributed by atoms with Gasteiger partial charge in [-0.3, -0.25) is 0 Å². The molecule has 0 spiro atoms. The van der Waals surface area contributed by atoms with Gasteiger partial charge >= 0.3 is 12.1 Å². The highest BCUT2D eigenvalue weighted by Crippen LogP contribution is 2.46. The first-order valence-corrected chi connectivity index (χ1v) is 15.9. The van der Waals surface area contributed by atoms with Crippen LogP contribution in [0.25, 0.3) is 32.8 Å². The van der Waals surface area contributed by atoms with Crippen LogP contribution in [0.4, 0.5) is 10.6 Å². The highest BCUT2D eigenvalue weighted by atomic mass is 35.5. The first-order valence-electron chi connectivity index (χ1n) is 15.6. The smallest absolute Gasteiger partial charge is 0.407 e. The molecule has 3 aliphatic heterocycles. The third-order valence-corrected chi connectivity index (χ3v) is 9.71. The van der Waals surface area contributed by atoms with Crippen LogP contribution in [0.15, 0.2) is 42.5 Å². The van der Waals surface area contributed by atoms with E-state index in [1.165, 1.54) is 4.90 Å². The molecule has 2 saturated heterocycles. The molecule has 3 aliphatic rings. The van der Waals surface area contributed by atoms with E-state index in [-0.39, 0.29) is 25.0 Å². The summed E-state index contributed by atoms with van der Waals surface area (Å²) in [6.07, 6.45) is 2.94. The lowest BCUT2D eigenvalue weighted by Gasteiger charge is -2.40. The van der Waals surface area contributed by atoms with E-state index in [0.29, 0.717) is 42.7 Å². The maximum Gasteiger partial charge on any atom is 0.407 e. The van der Waals surface area contributed by atoms with Crippen LogP contribution in [0.2, 0.25) is 5.02 Å². The molecule has 1 aromatic heterocycles. The lowest BCUT2D eigenvalue weighted by Crippen LogP contribution is -2.55. The number of fused-ring (bicyclic) bond motifs is 4. The second-order valence-corrected chi connectivity index (χ2v) is 12.5. The van der Waals surface area contributed by atoms with Gasteiger partial charge in [-0.1, -0.05) is 41.9 Å². The Morgan fingerprint density at radius 1 is 1.11 bits per heavy atom. The average Bonchev–Trinajstić information content (AvgIpc) is 3.47. The quantitative estimate of drug-likeness (QED) is 0.276. The van der Waals surface area contributed by atoms with Crippen LogP contribution in [-0.2, 0) is 6.42 Å². The number of ether oxygens (including phenoxy) is 2. The van der Waals surface area contributed by atoms with Gasteiger partial charge in [0.15, 0.2) is 0 Å². The Labute approximate surface area is 266 Å². The van der Waals surface area contributed by atoms with E-state index in [0.717, 1.165) is 70.8 Å². The number of likely N-dealkylation sites (N-methyl/N-ethyl adjacent to an activating group) is 1. The Hall–Kier alpha value is -4.33. The van der Waals surface area contributed by atoms with Crippen LogP contribution in [0.3, 0.4) is 0 Å². The minimum absolute atomic E-state index is 0.0871. The number of nitrogens with zero attached hydrogens (tertiary/aromatic N) is 6. The Balaban J connectivity index is 1.41. The number of benzene rings is 3. The molecule has 4 heterocycles. The van der Waals surface area contributed by atoms with Crippen molar-refractivity contribution in [2.45, 2.75) is 44.2 Å². The number of amides is 1. The third-order valence-electron chi connectivity index (χ3n) is 9.40. The molecule has 45 heavy (non-hydrogen) atoms. The molecular formula is C34H35ClN6O4. The predicted octanol–water partition coefficient (Wildman–Crippen LogP) is 5.98. The van der Waals surface area contributed by atoms with Gasteiger partial charge in [0.05, 0.1) is 36.0 Å². The Morgan fingerprint density at radius 3 is 2.73 bits per heavy atom. The minimum atomic E-state index is -1.02. The van der Waals surface area contributed by atoms with Crippen LogP contribution >= 0.6 is 11.6 Å². The van der Waals surface area contributed by atoms with Gasteiger partial charge in [0.2, 0.25) is 0 Å². The number of carbonyl (C=O) groups is 1. The summed E-state index contributed by atoms with van der Waals surface area (Å²) in [6, 6.07) is 16.5. The second-order valence-electron chi connectivity index (χ2n) is 12.1. The van der Waals surface area contributed by atoms with Gasteiger partial charge in [-0.25, -0.2) is 4.79 Å². The number of halogens is 1. The second kappa shape index (κ2) is 12.2. The molecule has 0 unspecified atom stereocenters. The first kappa shape index (κ1) is 29.4. The van der Waals surface area contributed by atoms with Crippen molar-refractivity contribution in [3.8, 4) is 29.0 Å². The number of likely N-dealkylation sites (tertiary alicyclic amines) is 1. The van der Waals surface area contributed by atoms with E-state index in [1.807, 2.05) is 18.2 Å². The van der Waals surface area contributed by atoms with Crippen LogP contribution < -0.4 is 14.4 Å². The Bertz CT molecular complexity index is 1820. The standard InChI is InChI=1S/C34H35ClN6O4/c1-39-14-4-8-23(39)20-45-33-37-28-18-26(24-9-2-6-21-7-3-11-27(35)29(21)24)25-10-5-17-44-31(25)30(28)32(38-33)40-15-16-41(34(42)43)22(19-40)12-13-36/h2-3,6-7,9,11,18,22-23H,4-5,8,10,12,14-17,19-20H2,1H3,(H,42,43)/t22-,23-/m0/s1. The lowest BCUT2D eigenvalue weighted by atomic mass is 9.89. The van der Waals surface area contributed by atoms with E-state index in [1.54, 1.807) is 0 Å². The maximum atomic E-state index is 12.0. The average molecular weight is 627 g/mol. The summed E-state index contributed by atoms with van der Waals surface area (Å²) in [6.45, 7) is 3.07. The number of hydrogen-bond donors (Lipinski definition) is 1. The van der Waals surface area contributed by atoms with Crippen LogP contribution in [0, 0.1) is 11.3 Å². The fourth-order valence-electron chi connectivity index (χ4n) is 7.09. The van der Waals surface area contributed by atoms with Gasteiger partial charge in [0.1, 0.15) is 18.2 Å². The zero-order valence-electron chi connectivity index (χ0n) is 25.2. The summed E-state index contributed by atoms with van der Waals surface area (Å²) in [5, 5.41) is 22.8. The van der Waals surface area contributed by atoms with E-state index in [4.69, 9.17) is 31.0 Å². The highest BCUT2D eigenvalue weighted by Gasteiger charge is 2.34. The molecule has 0 bridgehead atoms. The van der Waals surface area contributed by atoms with Crippen molar-refractivity contribution in [3.63, 3.8) is 0 Å². The molecule has 2 fully saturated rings. The van der Waals surface area contributed by atoms with Crippen molar-refractivity contribution in [1.82, 2.24) is 19.8 Å². The number of nitriles is 1. The van der Waals surface area contributed by atoms with E-state index >= 15 is 0 Å². The summed E-state index contributed by atoms with van der Waals surface area (Å²) in [5.74, 6) is 1.38. The summed E-state index contributed by atoms with van der Waals surface area (Å²) in [5.41, 5.74) is 3.79. The largest absolute Gasteiger partial charge is 0.492 e. The maximum absolute atomic E-state index is 12.0. The molecule has 3 aromatic carbocycles. The molecule has 4 aromatic rings. The summed E-state index contributed by atoms with van der Waals surface area (Å²) in [4.78, 5) is 27.6. The lowest BCUT2D eigenvalue weighted by molar-refractivity contribution is 0.119. The van der Waals surface area contributed by atoms with Gasteiger partial charge in [-0.05, 0) is 67.9 Å². The first-order chi connectivity index (χ1) is 21.9. The minimum Gasteiger partial charge on any atom is -0.492 e. The Kier molecular flexibility index (Phi) is 7.98. The normalized spacial score (nSPS) is 20.2. The predicted molar refractivity (Wildman–Crippen MR) is 173 cm³/mol. The van der Waals surface area contributed by atoms with E-state index in [2.05, 4.69) is 47.2 Å². The molecule has 1 amide bonds. The molecule has 0 saturated carbocycles. The van der Waals surface area contributed by atoms with Gasteiger partial charge in [-0.2, -0.15) is 15.2 Å². The molecule has 0 radical (unpaired) electrons. The van der Waals surface area contributed by atoms with Crippen molar-refractivity contribution in [3.05, 3.63) is 53.1 Å². The number of anilines is 1. The topological polar surface area (TPSA) is 115 Å². The van der Waals surface area contributed by atoms with Crippen molar-refractivity contribution >= 4 is 45.2 Å². The summed E-state index contributed by atoms with van der Waals surface area (Å²) >= 11 is 6.80. The molecule has 1 N–H and O–H groups in total. The van der Waals surface area contributed by atoms with Crippen LogP contribution in [0.5, 0.6) is 11.8 Å². The molecule has 232 valence electrons. The summed E-state index contributed by atoms with van der Waals surface area (Å²) in [7, 11) is 2.11. The van der Waals surface area contributed by atoms with Crippen molar-refractivity contribution < 1.29 is 19.4 Å². The molecule has 0 aliphatic carbocycles. The van der Waals surface area contributed by atoms with Gasteiger partial charge in [0, 0.05) is 41.6 Å². The third kappa shape index (κ3) is 5.45. The fraction of sp³-hybridized carbons (Fsp3) is 0.412. The molecule has 10 nitrogen and oxygen atoms in total. The summed E-state index contributed by atoms with van der Waals surface area (Å²) < 4.78 is 12.8. The SMILES string of the molecule is CN1CCC[C@H]1COc1nc(N2CCN(C(=O)O)[C@@H](CC#N)C2)c2c3c(c(-c4cccc5cccc(Cl)c45)cc2n1)CCCO3. The van der Waals surface area contributed by atoms with Crippen LogP contribution in [-0.4, -0.2) is 89.5 Å². The molecule has 2 atom stereocenters. The highest BCUT2D eigenvalue weighted by molar-refractivity contribution is 6.36. The number of hydrogen-bond acceptors (Lipinski definition) is 8. The number of piperazine rings is 1.